The quantitative estimate of drug-likeness (QED) is 0.337. The number of piperidine rings is 1. The van der Waals surface area contributed by atoms with Gasteiger partial charge in [0.2, 0.25) is 0 Å². The molecule has 0 saturated carbocycles. The highest BCUT2D eigenvalue weighted by Crippen LogP contribution is 2.33. The summed E-state index contributed by atoms with van der Waals surface area (Å²) in [4.78, 5) is 46.0. The van der Waals surface area contributed by atoms with Crippen molar-refractivity contribution in [1.82, 2.24) is 24.9 Å². The van der Waals surface area contributed by atoms with Crippen LogP contribution in [0.25, 0.3) is 11.0 Å². The van der Waals surface area contributed by atoms with Crippen LogP contribution in [0, 0.1) is 18.2 Å². The number of alkyl carbamates (subject to hydrolysis) is 1. The van der Waals surface area contributed by atoms with Gasteiger partial charge >= 0.3 is 12.1 Å². The third kappa shape index (κ3) is 7.54. The number of rotatable bonds is 8. The maximum Gasteiger partial charge on any atom is 0.407 e. The molecule has 1 fully saturated rings. The van der Waals surface area contributed by atoms with Crippen LogP contribution in [0.2, 0.25) is 0 Å². The Morgan fingerprint density at radius 1 is 1.11 bits per heavy atom. The van der Waals surface area contributed by atoms with Crippen molar-refractivity contribution in [2.75, 3.05) is 26.2 Å². The van der Waals surface area contributed by atoms with Crippen molar-refractivity contribution in [3.05, 3.63) is 57.1 Å². The second-order valence-electron chi connectivity index (χ2n) is 13.8. The van der Waals surface area contributed by atoms with Gasteiger partial charge < -0.3 is 24.2 Å². The van der Waals surface area contributed by atoms with E-state index < -0.39 is 29.2 Å². The minimum Gasteiger partial charge on any atom is -0.454 e. The summed E-state index contributed by atoms with van der Waals surface area (Å²) in [5.41, 5.74) is 0.941. The number of nitrogens with zero attached hydrogens (tertiary/aromatic N) is 4. The van der Waals surface area contributed by atoms with E-state index in [0.717, 1.165) is 43.6 Å². The van der Waals surface area contributed by atoms with Gasteiger partial charge in [0.1, 0.15) is 11.4 Å². The average Bonchev–Trinajstić information content (AvgIpc) is 3.39. The number of amides is 1. The Hall–Kier alpha value is -3.80. The fraction of sp³-hybridized carbons (Fsp3) is 0.606. The molecule has 4 heterocycles. The van der Waals surface area contributed by atoms with Crippen LogP contribution < -0.4 is 10.9 Å². The molecule has 0 aliphatic carbocycles. The van der Waals surface area contributed by atoms with Gasteiger partial charge in [-0.1, -0.05) is 5.16 Å². The van der Waals surface area contributed by atoms with E-state index in [1.54, 1.807) is 45.3 Å². The summed E-state index contributed by atoms with van der Waals surface area (Å²) < 4.78 is 31.8. The summed E-state index contributed by atoms with van der Waals surface area (Å²) in [6.45, 7) is 13.5. The zero-order chi connectivity index (χ0) is 32.5. The summed E-state index contributed by atoms with van der Waals surface area (Å²) in [7, 11) is 0. The van der Waals surface area contributed by atoms with Crippen LogP contribution in [-0.2, 0) is 27.2 Å². The molecule has 244 valence electrons. The van der Waals surface area contributed by atoms with Crippen LogP contribution in [0.3, 0.4) is 0 Å². The highest BCUT2D eigenvalue weighted by molar-refractivity contribution is 5.80. The summed E-state index contributed by atoms with van der Waals surface area (Å²) in [5, 5.41) is 7.75. The number of nitrogens with one attached hydrogen (secondary N) is 1. The number of ether oxygens (including phenoxy) is 2. The number of hydrogen-bond acceptors (Lipinski definition) is 9. The first-order valence-electron chi connectivity index (χ1n) is 15.8. The lowest BCUT2D eigenvalue weighted by molar-refractivity contribution is -0.161. The molecule has 1 N–H and O–H groups in total. The number of benzene rings is 1. The maximum atomic E-state index is 13.6. The number of halogens is 1. The number of aromatic nitrogens is 3. The summed E-state index contributed by atoms with van der Waals surface area (Å²) in [5.74, 6) is -0.115. The van der Waals surface area contributed by atoms with Gasteiger partial charge in [-0.05, 0) is 98.9 Å². The average molecular weight is 626 g/mol. The maximum absolute atomic E-state index is 13.6. The van der Waals surface area contributed by atoms with E-state index in [1.165, 1.54) is 12.1 Å². The van der Waals surface area contributed by atoms with E-state index in [9.17, 15) is 18.8 Å². The van der Waals surface area contributed by atoms with Gasteiger partial charge in [-0.15, -0.1) is 0 Å². The van der Waals surface area contributed by atoms with Crippen LogP contribution >= 0.6 is 0 Å². The van der Waals surface area contributed by atoms with E-state index in [2.05, 4.69) is 15.4 Å². The van der Waals surface area contributed by atoms with Crippen molar-refractivity contribution in [1.29, 1.82) is 0 Å². The monoisotopic (exact) mass is 625 g/mol. The van der Waals surface area contributed by atoms with Gasteiger partial charge in [0, 0.05) is 48.3 Å². The topological polar surface area (TPSA) is 129 Å². The van der Waals surface area contributed by atoms with Crippen molar-refractivity contribution in [3.63, 3.8) is 0 Å². The van der Waals surface area contributed by atoms with Gasteiger partial charge in [-0.3, -0.25) is 14.2 Å². The lowest BCUT2D eigenvalue weighted by atomic mass is 9.91. The van der Waals surface area contributed by atoms with E-state index >= 15 is 0 Å². The van der Waals surface area contributed by atoms with E-state index in [-0.39, 0.29) is 23.8 Å². The molecule has 1 atom stereocenters. The third-order valence-corrected chi connectivity index (χ3v) is 8.62. The number of esters is 1. The van der Waals surface area contributed by atoms with Crippen LogP contribution in [-0.4, -0.2) is 63.5 Å². The number of aryl methyl sites for hydroxylation is 1. The standard InChI is InChI=1S/C33H44FN5O6/c1-20-23(13-17-38-15-11-21(12-16-38)27-24-10-9-22(34)18-26(24)45-37-27)29(40)39-14-7-8-25(28(39)36-20)43-30(41)33(5,6)19-35-31(42)44-32(2,3)4/h9-10,18,21,25H,7-8,11-17,19H2,1-6H3,(H,35,42). The molecule has 2 aliphatic heterocycles. The molecule has 1 amide bonds. The number of carbonyl (C=O) groups excluding carboxylic acids is 2. The third-order valence-electron chi connectivity index (χ3n) is 8.62. The second-order valence-corrected chi connectivity index (χ2v) is 13.8. The fourth-order valence-electron chi connectivity index (χ4n) is 6.04. The molecule has 2 aliphatic rings. The molecule has 5 rings (SSSR count). The predicted octanol–water partition coefficient (Wildman–Crippen LogP) is 5.18. The Morgan fingerprint density at radius 2 is 1.84 bits per heavy atom. The molecular weight excluding hydrogens is 581 g/mol. The largest absolute Gasteiger partial charge is 0.454 e. The van der Waals surface area contributed by atoms with Gasteiger partial charge in [0.15, 0.2) is 17.5 Å². The zero-order valence-electron chi connectivity index (χ0n) is 27.1. The molecule has 0 radical (unpaired) electrons. The van der Waals surface area contributed by atoms with Gasteiger partial charge in [0.05, 0.1) is 11.1 Å². The SMILES string of the molecule is Cc1nc2n(c(=O)c1CCN1CCC(c3noc4cc(F)ccc34)CC1)CCCC2OC(=O)C(C)(C)CNC(=O)OC(C)(C)C. The Bertz CT molecular complexity index is 1620. The Kier molecular flexibility index (Phi) is 9.34. The molecule has 11 nitrogen and oxygen atoms in total. The van der Waals surface area contributed by atoms with Gasteiger partial charge in [-0.2, -0.15) is 0 Å². The van der Waals surface area contributed by atoms with Crippen LogP contribution in [0.5, 0.6) is 0 Å². The normalized spacial score (nSPS) is 18.1. The number of likely N-dealkylation sites (tertiary alicyclic amines) is 1. The molecule has 45 heavy (non-hydrogen) atoms. The van der Waals surface area contributed by atoms with Crippen LogP contribution in [0.15, 0.2) is 27.5 Å². The minimum absolute atomic E-state index is 0.0398. The lowest BCUT2D eigenvalue weighted by Gasteiger charge is -2.32. The van der Waals surface area contributed by atoms with Crippen molar-refractivity contribution in [3.8, 4) is 0 Å². The molecule has 0 bridgehead atoms. The van der Waals surface area contributed by atoms with Crippen molar-refractivity contribution in [2.45, 2.75) is 97.8 Å². The van der Waals surface area contributed by atoms with Crippen molar-refractivity contribution < 1.29 is 28.0 Å². The minimum atomic E-state index is -1.01. The highest BCUT2D eigenvalue weighted by atomic mass is 19.1. The first kappa shape index (κ1) is 32.6. The first-order chi connectivity index (χ1) is 21.2. The molecule has 1 aromatic carbocycles. The molecule has 2 aromatic heterocycles. The van der Waals surface area contributed by atoms with Crippen molar-refractivity contribution in [2.24, 2.45) is 5.41 Å². The summed E-state index contributed by atoms with van der Waals surface area (Å²) >= 11 is 0. The van der Waals surface area contributed by atoms with Crippen LogP contribution in [0.4, 0.5) is 9.18 Å². The molecule has 12 heteroatoms. The first-order valence-corrected chi connectivity index (χ1v) is 15.8. The van der Waals surface area contributed by atoms with Gasteiger partial charge in [0.25, 0.3) is 5.56 Å². The van der Waals surface area contributed by atoms with E-state index in [0.29, 0.717) is 48.5 Å². The predicted molar refractivity (Wildman–Crippen MR) is 165 cm³/mol. The van der Waals surface area contributed by atoms with E-state index in [4.69, 9.17) is 19.0 Å². The fourth-order valence-corrected chi connectivity index (χ4v) is 6.04. The molecule has 1 unspecified atom stereocenters. The van der Waals surface area contributed by atoms with Gasteiger partial charge in [-0.25, -0.2) is 14.2 Å². The number of carbonyl (C=O) groups is 2. The zero-order valence-corrected chi connectivity index (χ0v) is 27.1. The molecule has 3 aromatic rings. The smallest absolute Gasteiger partial charge is 0.407 e. The highest BCUT2D eigenvalue weighted by Gasteiger charge is 2.36. The van der Waals surface area contributed by atoms with Crippen LogP contribution in [0.1, 0.15) is 95.1 Å². The Labute approximate surface area is 262 Å². The number of hydrogen-bond donors (Lipinski definition) is 1. The number of fused-ring (bicyclic) bond motifs is 2. The van der Waals surface area contributed by atoms with E-state index in [1.807, 2.05) is 6.92 Å². The Balaban J connectivity index is 1.18. The molecule has 0 spiro atoms. The molecule has 1 saturated heterocycles. The lowest BCUT2D eigenvalue weighted by Crippen LogP contribution is -2.43. The summed E-state index contributed by atoms with van der Waals surface area (Å²) in [6.07, 6.45) is 2.37. The summed E-state index contributed by atoms with van der Waals surface area (Å²) in [6, 6.07) is 4.54. The second kappa shape index (κ2) is 12.9. The van der Waals surface area contributed by atoms with Crippen molar-refractivity contribution >= 4 is 23.0 Å². The molecular formula is C33H44FN5O6. The Morgan fingerprint density at radius 3 is 2.56 bits per heavy atom.